The van der Waals surface area contributed by atoms with Crippen LogP contribution in [0.15, 0.2) is 18.2 Å². The van der Waals surface area contributed by atoms with Crippen molar-refractivity contribution in [2.45, 2.75) is 19.9 Å². The highest BCUT2D eigenvalue weighted by Crippen LogP contribution is 2.27. The average Bonchev–Trinajstić information content (AvgIpc) is 3.08. The van der Waals surface area contributed by atoms with Crippen LogP contribution in [0.1, 0.15) is 27.3 Å². The first-order valence-electron chi connectivity index (χ1n) is 7.56. The number of aromatic nitrogens is 3. The van der Waals surface area contributed by atoms with Gasteiger partial charge in [0.2, 0.25) is 0 Å². The summed E-state index contributed by atoms with van der Waals surface area (Å²) in [6.45, 7) is 3.65. The molecule has 1 aromatic carbocycles. The van der Waals surface area contributed by atoms with Crippen LogP contribution in [-0.2, 0) is 20.0 Å². The molecular formula is C16H17N5OS. The molecule has 0 spiro atoms. The lowest BCUT2D eigenvalue weighted by Crippen LogP contribution is -2.26. The lowest BCUT2D eigenvalue weighted by molar-refractivity contribution is 0.102. The zero-order valence-corrected chi connectivity index (χ0v) is 13.8. The van der Waals surface area contributed by atoms with E-state index in [1.54, 1.807) is 0 Å². The van der Waals surface area contributed by atoms with Crippen LogP contribution < -0.4 is 10.6 Å². The summed E-state index contributed by atoms with van der Waals surface area (Å²) in [6, 6.07) is 6.08. The highest BCUT2D eigenvalue weighted by Gasteiger charge is 2.24. The number of amides is 1. The Morgan fingerprint density at radius 3 is 3.17 bits per heavy atom. The molecule has 0 fully saturated rings. The van der Waals surface area contributed by atoms with Gasteiger partial charge in [-0.1, -0.05) is 17.4 Å². The fourth-order valence-electron chi connectivity index (χ4n) is 2.95. The number of rotatable bonds is 2. The molecule has 7 heteroatoms. The van der Waals surface area contributed by atoms with E-state index in [2.05, 4.69) is 26.8 Å². The van der Waals surface area contributed by atoms with Gasteiger partial charge < -0.3 is 5.32 Å². The Labute approximate surface area is 137 Å². The van der Waals surface area contributed by atoms with Gasteiger partial charge in [0.15, 0.2) is 10.8 Å². The van der Waals surface area contributed by atoms with Crippen molar-refractivity contribution in [2.75, 3.05) is 11.9 Å². The van der Waals surface area contributed by atoms with Crippen molar-refractivity contribution < 1.29 is 4.79 Å². The van der Waals surface area contributed by atoms with Gasteiger partial charge in [-0.05, 0) is 24.6 Å². The van der Waals surface area contributed by atoms with Crippen LogP contribution in [0.2, 0.25) is 0 Å². The highest BCUT2D eigenvalue weighted by molar-refractivity contribution is 7.22. The van der Waals surface area contributed by atoms with Crippen LogP contribution in [0.4, 0.5) is 5.13 Å². The largest absolute Gasteiger partial charge is 0.312 e. The Kier molecular flexibility index (Phi) is 3.39. The number of nitrogens with zero attached hydrogens (tertiary/aromatic N) is 3. The predicted molar refractivity (Wildman–Crippen MR) is 90.9 cm³/mol. The van der Waals surface area contributed by atoms with Gasteiger partial charge in [-0.2, -0.15) is 5.10 Å². The highest BCUT2D eigenvalue weighted by atomic mass is 32.1. The first-order chi connectivity index (χ1) is 11.1. The van der Waals surface area contributed by atoms with E-state index >= 15 is 0 Å². The minimum atomic E-state index is -0.193. The second kappa shape index (κ2) is 5.43. The summed E-state index contributed by atoms with van der Waals surface area (Å²) in [5, 5.41) is 11.2. The van der Waals surface area contributed by atoms with Crippen LogP contribution in [0.3, 0.4) is 0 Å². The number of thiazole rings is 1. The number of carbonyl (C=O) groups is 1. The SMILES string of the molecule is Cc1ccc2nc(NC(=O)c3nn(C)c4c3CNCC4)sc2c1. The zero-order chi connectivity index (χ0) is 16.0. The van der Waals surface area contributed by atoms with Crippen LogP contribution in [0, 0.1) is 6.92 Å². The van der Waals surface area contributed by atoms with Gasteiger partial charge in [0.25, 0.3) is 5.91 Å². The topological polar surface area (TPSA) is 71.8 Å². The molecule has 1 aliphatic heterocycles. The van der Waals surface area contributed by atoms with Gasteiger partial charge in [0, 0.05) is 37.8 Å². The monoisotopic (exact) mass is 327 g/mol. The molecule has 0 aliphatic carbocycles. The van der Waals surface area contributed by atoms with Crippen molar-refractivity contribution in [2.24, 2.45) is 7.05 Å². The summed E-state index contributed by atoms with van der Waals surface area (Å²) >= 11 is 1.49. The van der Waals surface area contributed by atoms with Crippen LogP contribution >= 0.6 is 11.3 Å². The molecule has 4 rings (SSSR count). The summed E-state index contributed by atoms with van der Waals surface area (Å²) in [6.07, 6.45) is 0.895. The molecule has 6 nitrogen and oxygen atoms in total. The summed E-state index contributed by atoms with van der Waals surface area (Å²) in [5.74, 6) is -0.193. The van der Waals surface area contributed by atoms with Crippen molar-refractivity contribution in [1.82, 2.24) is 20.1 Å². The van der Waals surface area contributed by atoms with E-state index in [-0.39, 0.29) is 5.91 Å². The Hall–Kier alpha value is -2.25. The number of carbonyl (C=O) groups excluding carboxylic acids is 1. The molecule has 0 atom stereocenters. The van der Waals surface area contributed by atoms with E-state index in [9.17, 15) is 4.79 Å². The van der Waals surface area contributed by atoms with Crippen molar-refractivity contribution in [3.8, 4) is 0 Å². The zero-order valence-electron chi connectivity index (χ0n) is 13.0. The first kappa shape index (κ1) is 14.3. The average molecular weight is 327 g/mol. The second-order valence-corrected chi connectivity index (χ2v) is 6.80. The van der Waals surface area contributed by atoms with Gasteiger partial charge in [-0.15, -0.1) is 0 Å². The van der Waals surface area contributed by atoms with Gasteiger partial charge in [-0.25, -0.2) is 4.98 Å². The van der Waals surface area contributed by atoms with E-state index in [1.165, 1.54) is 16.9 Å². The second-order valence-electron chi connectivity index (χ2n) is 5.77. The first-order valence-corrected chi connectivity index (χ1v) is 8.37. The number of hydrogen-bond donors (Lipinski definition) is 2. The number of fused-ring (bicyclic) bond motifs is 2. The third-order valence-corrected chi connectivity index (χ3v) is 5.03. The number of nitrogens with one attached hydrogen (secondary N) is 2. The Morgan fingerprint density at radius 2 is 2.30 bits per heavy atom. The Bertz CT molecular complexity index is 911. The molecule has 3 aromatic rings. The molecule has 1 amide bonds. The van der Waals surface area contributed by atoms with E-state index in [0.717, 1.165) is 34.4 Å². The van der Waals surface area contributed by atoms with E-state index < -0.39 is 0 Å². The predicted octanol–water partition coefficient (Wildman–Crippen LogP) is 2.24. The normalized spacial score (nSPS) is 14.0. The molecule has 0 radical (unpaired) electrons. The van der Waals surface area contributed by atoms with Crippen LogP contribution in [0.25, 0.3) is 10.2 Å². The summed E-state index contributed by atoms with van der Waals surface area (Å²) in [7, 11) is 1.89. The Morgan fingerprint density at radius 1 is 1.43 bits per heavy atom. The maximum absolute atomic E-state index is 12.6. The fraction of sp³-hybridized carbons (Fsp3) is 0.312. The molecule has 0 unspecified atom stereocenters. The molecule has 118 valence electrons. The summed E-state index contributed by atoms with van der Waals surface area (Å²) in [4.78, 5) is 17.1. The van der Waals surface area contributed by atoms with Gasteiger partial charge >= 0.3 is 0 Å². The van der Waals surface area contributed by atoms with Crippen molar-refractivity contribution in [3.63, 3.8) is 0 Å². The van der Waals surface area contributed by atoms with Crippen LogP contribution in [-0.4, -0.2) is 27.2 Å². The van der Waals surface area contributed by atoms with E-state index in [0.29, 0.717) is 17.4 Å². The van der Waals surface area contributed by atoms with E-state index in [1.807, 2.05) is 30.8 Å². The minimum Gasteiger partial charge on any atom is -0.312 e. The minimum absolute atomic E-state index is 0.193. The lowest BCUT2D eigenvalue weighted by Gasteiger charge is -2.13. The third-order valence-electron chi connectivity index (χ3n) is 4.09. The number of hydrogen-bond acceptors (Lipinski definition) is 5. The quantitative estimate of drug-likeness (QED) is 0.757. The smallest absolute Gasteiger partial charge is 0.278 e. The summed E-state index contributed by atoms with van der Waals surface area (Å²) < 4.78 is 2.89. The van der Waals surface area contributed by atoms with Crippen molar-refractivity contribution in [3.05, 3.63) is 40.7 Å². The maximum atomic E-state index is 12.6. The van der Waals surface area contributed by atoms with Crippen molar-refractivity contribution >= 4 is 32.6 Å². The van der Waals surface area contributed by atoms with Gasteiger partial charge in [0.1, 0.15) is 0 Å². The van der Waals surface area contributed by atoms with Gasteiger partial charge in [0.05, 0.1) is 10.2 Å². The molecule has 2 N–H and O–H groups in total. The van der Waals surface area contributed by atoms with Crippen molar-refractivity contribution in [1.29, 1.82) is 0 Å². The maximum Gasteiger partial charge on any atom is 0.278 e. The number of benzene rings is 1. The molecule has 0 saturated heterocycles. The third kappa shape index (κ3) is 2.51. The number of aryl methyl sites for hydroxylation is 2. The fourth-order valence-corrected chi connectivity index (χ4v) is 3.90. The molecule has 3 heterocycles. The number of anilines is 1. The molecule has 23 heavy (non-hydrogen) atoms. The standard InChI is InChI=1S/C16H17N5OS/c1-9-3-4-11-13(7-9)23-16(18-11)19-15(22)14-10-8-17-6-5-12(10)21(2)20-14/h3-4,7,17H,5-6,8H2,1-2H3,(H,18,19,22). The molecular weight excluding hydrogens is 310 g/mol. The molecule has 0 bridgehead atoms. The summed E-state index contributed by atoms with van der Waals surface area (Å²) in [5.41, 5.74) is 4.71. The van der Waals surface area contributed by atoms with E-state index in [4.69, 9.17) is 0 Å². The molecule has 1 aliphatic rings. The lowest BCUT2D eigenvalue weighted by atomic mass is 10.1. The molecule has 2 aromatic heterocycles. The molecule has 0 saturated carbocycles. The Balaban J connectivity index is 1.64. The van der Waals surface area contributed by atoms with Gasteiger partial charge in [-0.3, -0.25) is 14.8 Å². The van der Waals surface area contributed by atoms with Crippen LogP contribution in [0.5, 0.6) is 0 Å².